The van der Waals surface area contributed by atoms with Crippen LogP contribution in [0.5, 0.6) is 0 Å². The van der Waals surface area contributed by atoms with Crippen molar-refractivity contribution in [1.82, 2.24) is 9.55 Å². The van der Waals surface area contributed by atoms with Crippen LogP contribution in [-0.2, 0) is 24.7 Å². The third-order valence-corrected chi connectivity index (χ3v) is 4.38. The summed E-state index contributed by atoms with van der Waals surface area (Å²) in [4.78, 5) is 27.3. The van der Waals surface area contributed by atoms with Gasteiger partial charge in [0.05, 0.1) is 0 Å². The largest absolute Gasteiger partial charge is 0.462 e. The number of ether oxygens (including phenoxy) is 2. The zero-order valence-electron chi connectivity index (χ0n) is 16.2. The molecule has 0 amide bonds. The van der Waals surface area contributed by atoms with E-state index in [0.29, 0.717) is 6.42 Å². The molecule has 1 aromatic heterocycles. The van der Waals surface area contributed by atoms with Gasteiger partial charge in [-0.3, -0.25) is 18.5 Å². The molecule has 1 aliphatic heterocycles. The smallest absolute Gasteiger partial charge is 0.394 e. The molecule has 2 rings (SSSR count). The predicted octanol–water partition coefficient (Wildman–Crippen LogP) is -2.29. The number of rotatable bonds is 6. The van der Waals surface area contributed by atoms with Gasteiger partial charge >= 0.3 is 22.1 Å². The molecule has 0 aromatic carbocycles. The van der Waals surface area contributed by atoms with E-state index in [-0.39, 0.29) is 18.3 Å². The second-order valence-electron chi connectivity index (χ2n) is 6.58. The van der Waals surface area contributed by atoms with Crippen molar-refractivity contribution in [1.29, 1.82) is 0 Å². The molecular formula is C15H26N4O10S. The highest BCUT2D eigenvalue weighted by molar-refractivity contribution is 7.79. The second kappa shape index (κ2) is 10.8. The van der Waals surface area contributed by atoms with Crippen LogP contribution in [-0.4, -0.2) is 74.2 Å². The third-order valence-electron chi connectivity index (χ3n) is 4.38. The van der Waals surface area contributed by atoms with Crippen LogP contribution in [0.4, 0.5) is 5.82 Å². The molecule has 14 nitrogen and oxygen atoms in total. The van der Waals surface area contributed by atoms with Gasteiger partial charge in [-0.2, -0.15) is 13.4 Å². The highest BCUT2D eigenvalue weighted by atomic mass is 32.3. The molecule has 15 heteroatoms. The van der Waals surface area contributed by atoms with E-state index >= 15 is 0 Å². The molecule has 0 unspecified atom stereocenters. The quantitative estimate of drug-likeness (QED) is 0.196. The maximum atomic E-state index is 11.9. The minimum atomic E-state index is -4.67. The lowest BCUT2D eigenvalue weighted by Gasteiger charge is -2.19. The lowest BCUT2D eigenvalue weighted by atomic mass is 10.0. The van der Waals surface area contributed by atoms with E-state index in [0.717, 1.165) is 4.57 Å². The molecule has 1 aliphatic rings. The van der Waals surface area contributed by atoms with Gasteiger partial charge < -0.3 is 31.2 Å². The van der Waals surface area contributed by atoms with Crippen molar-refractivity contribution in [3.8, 4) is 0 Å². The molecule has 30 heavy (non-hydrogen) atoms. The lowest BCUT2D eigenvalue weighted by molar-refractivity contribution is -0.153. The Labute approximate surface area is 172 Å². The summed E-state index contributed by atoms with van der Waals surface area (Å²) >= 11 is 0. The fourth-order valence-corrected chi connectivity index (χ4v) is 2.46. The Balaban J connectivity index is 0.000000804. The molecule has 0 saturated carbocycles. The molecular weight excluding hydrogens is 428 g/mol. The maximum Gasteiger partial charge on any atom is 0.394 e. The van der Waals surface area contributed by atoms with Crippen molar-refractivity contribution in [2.24, 2.45) is 11.7 Å². The van der Waals surface area contributed by atoms with Gasteiger partial charge in [0.25, 0.3) is 0 Å². The maximum absolute atomic E-state index is 11.9. The van der Waals surface area contributed by atoms with Crippen LogP contribution in [0.3, 0.4) is 0 Å². The van der Waals surface area contributed by atoms with E-state index in [2.05, 4.69) is 4.98 Å². The summed E-state index contributed by atoms with van der Waals surface area (Å²) in [6.45, 7) is 3.43. The third kappa shape index (κ3) is 7.60. The van der Waals surface area contributed by atoms with Gasteiger partial charge in [-0.1, -0.05) is 20.3 Å². The number of nitrogen functional groups attached to an aromatic ring is 1. The van der Waals surface area contributed by atoms with Crippen LogP contribution < -0.4 is 17.2 Å². The lowest BCUT2D eigenvalue weighted by Crippen LogP contribution is -2.41. The summed E-state index contributed by atoms with van der Waals surface area (Å²) < 4.78 is 43.1. The summed E-state index contributed by atoms with van der Waals surface area (Å²) in [5.41, 5.74) is 10.5. The Morgan fingerprint density at radius 3 is 2.43 bits per heavy atom. The van der Waals surface area contributed by atoms with Crippen LogP contribution in [0.2, 0.25) is 0 Å². The van der Waals surface area contributed by atoms with Crippen LogP contribution in [0, 0.1) is 5.92 Å². The zero-order chi connectivity index (χ0) is 23.2. The summed E-state index contributed by atoms with van der Waals surface area (Å²) in [6.07, 6.45) is -2.89. The molecule has 0 radical (unpaired) electrons. The number of carbonyl (C=O) groups is 1. The van der Waals surface area contributed by atoms with Crippen molar-refractivity contribution in [2.45, 2.75) is 50.8 Å². The van der Waals surface area contributed by atoms with E-state index in [9.17, 15) is 19.8 Å². The molecule has 1 saturated heterocycles. The fraction of sp³-hybridized carbons (Fsp3) is 0.667. The van der Waals surface area contributed by atoms with Gasteiger partial charge in [0.1, 0.15) is 36.8 Å². The second-order valence-corrected chi connectivity index (χ2v) is 7.47. The molecule has 8 N–H and O–H groups in total. The monoisotopic (exact) mass is 454 g/mol. The first-order chi connectivity index (χ1) is 13.8. The molecule has 0 bridgehead atoms. The highest BCUT2D eigenvalue weighted by Crippen LogP contribution is 2.28. The summed E-state index contributed by atoms with van der Waals surface area (Å²) in [5, 5.41) is 20.2. The normalized spacial score (nSPS) is 25.7. The fourth-order valence-electron chi connectivity index (χ4n) is 2.46. The Morgan fingerprint density at radius 2 is 1.93 bits per heavy atom. The van der Waals surface area contributed by atoms with Crippen molar-refractivity contribution in [2.75, 3.05) is 12.3 Å². The van der Waals surface area contributed by atoms with E-state index < -0.39 is 52.6 Å². The topological polar surface area (TPSA) is 238 Å². The Morgan fingerprint density at radius 1 is 1.37 bits per heavy atom. The number of hydrogen-bond acceptors (Lipinski definition) is 11. The Bertz CT molecular complexity index is 868. The number of nitrogens with zero attached hydrogens (tertiary/aromatic N) is 2. The van der Waals surface area contributed by atoms with Crippen LogP contribution >= 0.6 is 0 Å². The van der Waals surface area contributed by atoms with Gasteiger partial charge in [0, 0.05) is 6.20 Å². The number of nitrogens with two attached hydrogens (primary N) is 2. The van der Waals surface area contributed by atoms with Crippen LogP contribution in [0.1, 0.15) is 26.5 Å². The van der Waals surface area contributed by atoms with Crippen LogP contribution in [0.15, 0.2) is 17.1 Å². The average molecular weight is 454 g/mol. The zero-order valence-corrected chi connectivity index (χ0v) is 17.0. The molecule has 0 aliphatic carbocycles. The first-order valence-electron chi connectivity index (χ1n) is 8.74. The summed E-state index contributed by atoms with van der Waals surface area (Å²) in [7, 11) is -4.67. The van der Waals surface area contributed by atoms with Gasteiger partial charge in [0.2, 0.25) is 0 Å². The number of hydrogen-bond donors (Lipinski definition) is 6. The van der Waals surface area contributed by atoms with Gasteiger partial charge in [0.15, 0.2) is 6.23 Å². The van der Waals surface area contributed by atoms with Gasteiger partial charge in [-0.25, -0.2) is 4.79 Å². The first-order valence-corrected chi connectivity index (χ1v) is 10.1. The average Bonchev–Trinajstić information content (AvgIpc) is 2.91. The van der Waals surface area contributed by atoms with Crippen LogP contribution in [0.25, 0.3) is 0 Å². The summed E-state index contributed by atoms with van der Waals surface area (Å²) in [5.74, 6) is -0.645. The minimum Gasteiger partial charge on any atom is -0.462 e. The van der Waals surface area contributed by atoms with E-state index in [4.69, 9.17) is 38.5 Å². The molecule has 1 fully saturated rings. The molecule has 6 atom stereocenters. The van der Waals surface area contributed by atoms with Crippen molar-refractivity contribution in [3.63, 3.8) is 0 Å². The number of carbonyl (C=O) groups excluding carboxylic acids is 1. The Kier molecular flexibility index (Phi) is 9.29. The van der Waals surface area contributed by atoms with Crippen molar-refractivity contribution < 1.29 is 42.0 Å². The molecule has 0 spiro atoms. The number of aromatic nitrogens is 2. The number of aliphatic hydroxyl groups is 2. The first kappa shape index (κ1) is 25.9. The van der Waals surface area contributed by atoms with Gasteiger partial charge in [-0.05, 0) is 12.0 Å². The molecule has 172 valence electrons. The Hall–Kier alpha value is -2.14. The van der Waals surface area contributed by atoms with E-state index in [1.165, 1.54) is 12.3 Å². The number of aliphatic hydroxyl groups excluding tert-OH is 2. The number of esters is 1. The SMILES string of the molecule is CC[C@@H](C)[C@@H](N)C(=O)OC[C@H]1O[C@@H](n2ccc(N)nc2=O)[C@@H](O)[C@@H]1O.O=S(=O)(O)O. The van der Waals surface area contributed by atoms with Gasteiger partial charge in [-0.15, -0.1) is 0 Å². The summed E-state index contributed by atoms with van der Waals surface area (Å²) in [6, 6.07) is 0.579. The van der Waals surface area contributed by atoms with E-state index in [1.807, 2.05) is 13.8 Å². The highest BCUT2D eigenvalue weighted by Gasteiger charge is 2.44. The van der Waals surface area contributed by atoms with E-state index in [1.54, 1.807) is 0 Å². The number of anilines is 1. The minimum absolute atomic E-state index is 0.0267. The van der Waals surface area contributed by atoms with Crippen molar-refractivity contribution in [3.05, 3.63) is 22.7 Å². The standard InChI is InChI=1S/C15H24N4O6.H2O4S/c1-3-7(2)10(17)14(22)24-6-8-11(20)12(21)13(25-8)19-5-4-9(16)18-15(19)23;1-5(2,3)4/h4-5,7-8,10-13,20-21H,3,6,17H2,1-2H3,(H2,16,18,23);(H2,1,2,3,4)/t7-,8-,10-,11-,12+,13-;/m1./s1. The molecule has 1 aromatic rings. The molecule has 2 heterocycles. The van der Waals surface area contributed by atoms with Crippen molar-refractivity contribution >= 4 is 22.2 Å². The predicted molar refractivity (Wildman–Crippen MR) is 101 cm³/mol.